The lowest BCUT2D eigenvalue weighted by molar-refractivity contribution is -0.139. The first-order chi connectivity index (χ1) is 9.61. The number of nitrogens with one attached hydrogen (secondary N) is 1. The van der Waals surface area contributed by atoms with Crippen molar-refractivity contribution in [3.05, 3.63) is 46.5 Å². The van der Waals surface area contributed by atoms with Gasteiger partial charge in [0.2, 0.25) is 0 Å². The molecule has 0 bridgehead atoms. The minimum Gasteiger partial charge on any atom is -0.480 e. The van der Waals surface area contributed by atoms with Crippen LogP contribution in [0.3, 0.4) is 0 Å². The maximum atomic E-state index is 12.4. The van der Waals surface area contributed by atoms with Crippen molar-refractivity contribution >= 4 is 27.8 Å². The van der Waals surface area contributed by atoms with E-state index in [0.717, 1.165) is 24.3 Å². The first-order valence-corrected chi connectivity index (χ1v) is 6.44. The van der Waals surface area contributed by atoms with Gasteiger partial charge in [0.25, 0.3) is 5.91 Å². The Morgan fingerprint density at radius 2 is 1.81 bits per heavy atom. The highest BCUT2D eigenvalue weighted by Crippen LogP contribution is 2.29. The highest BCUT2D eigenvalue weighted by atomic mass is 79.9. The Labute approximate surface area is 126 Å². The van der Waals surface area contributed by atoms with Gasteiger partial charge in [-0.05, 0) is 28.7 Å². The van der Waals surface area contributed by atoms with Crippen LogP contribution in [-0.2, 0) is 11.0 Å². The molecule has 4 nitrogen and oxygen atoms in total. The first kappa shape index (κ1) is 17.2. The van der Waals surface area contributed by atoms with E-state index < -0.39 is 29.7 Å². The van der Waals surface area contributed by atoms with Crippen LogP contribution in [0.25, 0.3) is 0 Å². The molecule has 1 aromatic carbocycles. The van der Waals surface area contributed by atoms with Gasteiger partial charge in [-0.3, -0.25) is 4.79 Å². The average Bonchev–Trinajstić information content (AvgIpc) is 2.36. The Kier molecular flexibility index (Phi) is 5.54. The molecule has 1 amide bonds. The molecule has 0 unspecified atom stereocenters. The molecule has 0 saturated carbocycles. The van der Waals surface area contributed by atoms with Gasteiger partial charge in [-0.15, -0.1) is 0 Å². The fraction of sp³-hybridized carbons (Fsp3) is 0.231. The van der Waals surface area contributed by atoms with Crippen molar-refractivity contribution in [3.8, 4) is 0 Å². The summed E-state index contributed by atoms with van der Waals surface area (Å²) in [6.45, 7) is 3.47. The number of benzene rings is 1. The Morgan fingerprint density at radius 1 is 1.29 bits per heavy atom. The van der Waals surface area contributed by atoms with Crippen LogP contribution in [0, 0.1) is 0 Å². The van der Waals surface area contributed by atoms with Gasteiger partial charge in [-0.2, -0.15) is 13.2 Å². The summed E-state index contributed by atoms with van der Waals surface area (Å²) in [5.74, 6) is -2.04. The zero-order chi connectivity index (χ0) is 16.2. The normalized spacial score (nSPS) is 12.6. The summed E-state index contributed by atoms with van der Waals surface area (Å²) >= 11 is 2.99. The Bertz CT molecular complexity index is 555. The lowest BCUT2D eigenvalue weighted by Gasteiger charge is -2.14. The summed E-state index contributed by atoms with van der Waals surface area (Å²) < 4.78 is 37.5. The summed E-state index contributed by atoms with van der Waals surface area (Å²) in [5.41, 5.74) is -0.947. The quantitative estimate of drug-likeness (QED) is 0.841. The van der Waals surface area contributed by atoms with E-state index in [-0.39, 0.29) is 12.0 Å². The average molecular weight is 366 g/mol. The second-order valence-corrected chi connectivity index (χ2v) is 5.28. The number of hydrogen-bond acceptors (Lipinski definition) is 2. The van der Waals surface area contributed by atoms with Crippen LogP contribution in [0.1, 0.15) is 22.3 Å². The first-order valence-electron chi connectivity index (χ1n) is 5.65. The molecule has 0 spiro atoms. The van der Waals surface area contributed by atoms with Crippen molar-refractivity contribution < 1.29 is 27.9 Å². The Hall–Kier alpha value is -1.83. The number of aliphatic carboxylic acids is 1. The van der Waals surface area contributed by atoms with Crippen LogP contribution >= 0.6 is 15.9 Å². The monoisotopic (exact) mass is 365 g/mol. The molecule has 0 aliphatic rings. The molecule has 0 fully saturated rings. The third-order valence-electron chi connectivity index (χ3n) is 2.50. The number of hydrogen-bond donors (Lipinski definition) is 2. The van der Waals surface area contributed by atoms with Gasteiger partial charge in [0.05, 0.1) is 5.56 Å². The number of alkyl halides is 3. The second-order valence-electron chi connectivity index (χ2n) is 4.16. The van der Waals surface area contributed by atoms with Crippen LogP contribution < -0.4 is 5.32 Å². The maximum absolute atomic E-state index is 12.4. The number of carboxylic acids is 1. The molecule has 0 aliphatic heterocycles. The van der Waals surface area contributed by atoms with E-state index in [4.69, 9.17) is 5.11 Å². The highest BCUT2D eigenvalue weighted by Gasteiger charge is 2.30. The van der Waals surface area contributed by atoms with Crippen molar-refractivity contribution in [2.45, 2.75) is 18.6 Å². The minimum absolute atomic E-state index is 0.0400. The molecule has 2 N–H and O–H groups in total. The molecule has 0 aromatic heterocycles. The molecule has 1 rings (SSSR count). The molecule has 0 radical (unpaired) electrons. The lowest BCUT2D eigenvalue weighted by atomic mass is 10.1. The summed E-state index contributed by atoms with van der Waals surface area (Å²) in [4.78, 5) is 22.8. The number of amides is 1. The number of halogens is 4. The zero-order valence-corrected chi connectivity index (χ0v) is 12.2. The summed E-state index contributed by atoms with van der Waals surface area (Å²) in [6.07, 6.45) is -4.53. The van der Waals surface area contributed by atoms with Crippen molar-refractivity contribution in [2.75, 3.05) is 0 Å². The number of rotatable bonds is 5. The number of carboxylic acid groups (broad SMARTS) is 1. The van der Waals surface area contributed by atoms with E-state index >= 15 is 0 Å². The molecule has 114 valence electrons. The molecule has 1 atom stereocenters. The highest BCUT2D eigenvalue weighted by molar-refractivity contribution is 9.11. The molecule has 8 heteroatoms. The van der Waals surface area contributed by atoms with Crippen molar-refractivity contribution in [2.24, 2.45) is 0 Å². The van der Waals surface area contributed by atoms with Gasteiger partial charge in [-0.25, -0.2) is 4.79 Å². The molecular formula is C13H11BrF3NO3. The fourth-order valence-corrected chi connectivity index (χ4v) is 1.80. The largest absolute Gasteiger partial charge is 0.480 e. The van der Waals surface area contributed by atoms with Gasteiger partial charge in [0, 0.05) is 12.0 Å². The SMILES string of the molecule is C=C(Br)C[C@@H](NC(=O)c1ccc(C(F)(F)F)cc1)C(=O)O. The Morgan fingerprint density at radius 3 is 2.19 bits per heavy atom. The van der Waals surface area contributed by atoms with Crippen LogP contribution in [0.5, 0.6) is 0 Å². The van der Waals surface area contributed by atoms with Crippen LogP contribution in [0.15, 0.2) is 35.3 Å². The summed E-state index contributed by atoms with van der Waals surface area (Å²) in [7, 11) is 0. The van der Waals surface area contributed by atoms with E-state index in [9.17, 15) is 22.8 Å². The van der Waals surface area contributed by atoms with E-state index in [1.54, 1.807) is 0 Å². The standard InChI is InChI=1S/C13H11BrF3NO3/c1-7(14)6-10(12(20)21)18-11(19)8-2-4-9(5-3-8)13(15,16)17/h2-5,10H,1,6H2,(H,18,19)(H,20,21)/t10-/m1/s1. The fourth-order valence-electron chi connectivity index (χ4n) is 1.47. The molecule has 1 aromatic rings. The predicted octanol–water partition coefficient (Wildman–Crippen LogP) is 3.19. The van der Waals surface area contributed by atoms with Crippen molar-refractivity contribution in [1.82, 2.24) is 5.32 Å². The Balaban J connectivity index is 2.83. The second kappa shape index (κ2) is 6.75. The molecule has 0 saturated heterocycles. The minimum atomic E-state index is -4.49. The van der Waals surface area contributed by atoms with Gasteiger partial charge < -0.3 is 10.4 Å². The molecule has 21 heavy (non-hydrogen) atoms. The van der Waals surface area contributed by atoms with Gasteiger partial charge in [0.15, 0.2) is 0 Å². The third kappa shape index (κ3) is 5.22. The van der Waals surface area contributed by atoms with E-state index in [1.807, 2.05) is 0 Å². The van der Waals surface area contributed by atoms with E-state index in [0.29, 0.717) is 4.48 Å². The van der Waals surface area contributed by atoms with Crippen LogP contribution in [0.4, 0.5) is 13.2 Å². The topological polar surface area (TPSA) is 66.4 Å². The van der Waals surface area contributed by atoms with Crippen molar-refractivity contribution in [1.29, 1.82) is 0 Å². The molecular weight excluding hydrogens is 355 g/mol. The lowest BCUT2D eigenvalue weighted by Crippen LogP contribution is -2.40. The third-order valence-corrected chi connectivity index (χ3v) is 2.83. The van der Waals surface area contributed by atoms with Gasteiger partial charge in [-0.1, -0.05) is 22.5 Å². The van der Waals surface area contributed by atoms with E-state index in [1.165, 1.54) is 0 Å². The van der Waals surface area contributed by atoms with E-state index in [2.05, 4.69) is 27.8 Å². The van der Waals surface area contributed by atoms with Crippen molar-refractivity contribution in [3.63, 3.8) is 0 Å². The maximum Gasteiger partial charge on any atom is 0.416 e. The number of carbonyl (C=O) groups excluding carboxylic acids is 1. The molecule has 0 aliphatic carbocycles. The summed E-state index contributed by atoms with van der Waals surface area (Å²) in [5, 5.41) is 11.2. The predicted molar refractivity (Wildman–Crippen MR) is 73.0 cm³/mol. The van der Waals surface area contributed by atoms with Crippen LogP contribution in [-0.4, -0.2) is 23.0 Å². The zero-order valence-electron chi connectivity index (χ0n) is 10.6. The smallest absolute Gasteiger partial charge is 0.416 e. The van der Waals surface area contributed by atoms with Gasteiger partial charge in [0.1, 0.15) is 6.04 Å². The van der Waals surface area contributed by atoms with Crippen LogP contribution in [0.2, 0.25) is 0 Å². The summed E-state index contributed by atoms with van der Waals surface area (Å²) in [6, 6.07) is 2.27. The molecule has 0 heterocycles. The number of carbonyl (C=O) groups is 2. The van der Waals surface area contributed by atoms with Gasteiger partial charge >= 0.3 is 12.1 Å².